The van der Waals surface area contributed by atoms with Gasteiger partial charge in [0.25, 0.3) is 15.7 Å². The number of nitro groups is 2. The summed E-state index contributed by atoms with van der Waals surface area (Å²) in [6.45, 7) is 3.34. The van der Waals surface area contributed by atoms with Crippen molar-refractivity contribution in [3.63, 3.8) is 0 Å². The van der Waals surface area contributed by atoms with E-state index in [2.05, 4.69) is 25.0 Å². The van der Waals surface area contributed by atoms with Gasteiger partial charge in [0.2, 0.25) is 5.82 Å². The van der Waals surface area contributed by atoms with Gasteiger partial charge in [-0.3, -0.25) is 25.0 Å². The molecule has 0 saturated carbocycles. The number of aromatic nitrogens is 3. The van der Waals surface area contributed by atoms with Crippen LogP contribution in [0.2, 0.25) is 0 Å². The van der Waals surface area contributed by atoms with Gasteiger partial charge in [-0.2, -0.15) is 0 Å². The summed E-state index contributed by atoms with van der Waals surface area (Å²) < 4.78 is 27.5. The number of aryl methyl sites for hydroxylation is 2. The molecule has 0 aliphatic heterocycles. The van der Waals surface area contributed by atoms with Gasteiger partial charge in [0.15, 0.2) is 0 Å². The number of benzene rings is 1. The number of rotatable bonds is 7. The molecule has 31 heavy (non-hydrogen) atoms. The molecule has 160 valence electrons. The second-order valence-electron chi connectivity index (χ2n) is 6.27. The molecule has 0 bridgehead atoms. The molecular formula is C17H15N7O6S. The highest BCUT2D eigenvalue weighted by atomic mass is 32.2. The third-order valence-electron chi connectivity index (χ3n) is 3.89. The van der Waals surface area contributed by atoms with Gasteiger partial charge < -0.3 is 5.32 Å². The predicted octanol–water partition coefficient (Wildman–Crippen LogP) is 2.85. The van der Waals surface area contributed by atoms with Crippen molar-refractivity contribution in [2.45, 2.75) is 18.7 Å². The quantitative estimate of drug-likeness (QED) is 0.405. The van der Waals surface area contributed by atoms with Crippen molar-refractivity contribution in [1.29, 1.82) is 0 Å². The van der Waals surface area contributed by atoms with Gasteiger partial charge in [-0.1, -0.05) is 0 Å². The lowest BCUT2D eigenvalue weighted by Gasteiger charge is -2.10. The fourth-order valence-corrected chi connectivity index (χ4v) is 3.59. The highest BCUT2D eigenvalue weighted by Crippen LogP contribution is 2.29. The van der Waals surface area contributed by atoms with Crippen LogP contribution >= 0.6 is 0 Å². The van der Waals surface area contributed by atoms with Crippen molar-refractivity contribution < 1.29 is 18.3 Å². The van der Waals surface area contributed by atoms with Crippen LogP contribution in [0.5, 0.6) is 0 Å². The maximum atomic E-state index is 12.6. The number of sulfonamides is 1. The largest absolute Gasteiger partial charge is 0.334 e. The van der Waals surface area contributed by atoms with Crippen LogP contribution in [-0.2, 0) is 10.0 Å². The number of anilines is 3. The minimum atomic E-state index is -3.94. The number of hydrogen-bond acceptors (Lipinski definition) is 10. The minimum absolute atomic E-state index is 0.0712. The van der Waals surface area contributed by atoms with Crippen molar-refractivity contribution in [1.82, 2.24) is 15.0 Å². The first kappa shape index (κ1) is 21.5. The standard InChI is InChI=1S/C17H15N7O6S/c1-10-7-16(20-11(2)19-10)22-31(29,30)14-5-3-12(4-6-14)21-17-15(24(27)28)8-13(9-18-17)23(25)26/h3-9H,1-2H3,(H,18,21)(H,19,20,22). The number of hydrogen-bond donors (Lipinski definition) is 2. The van der Waals surface area contributed by atoms with Crippen LogP contribution in [0.4, 0.5) is 28.7 Å². The van der Waals surface area contributed by atoms with Crippen molar-refractivity contribution in [3.05, 3.63) is 74.3 Å². The van der Waals surface area contributed by atoms with Crippen LogP contribution in [0.15, 0.2) is 47.5 Å². The molecule has 3 rings (SSSR count). The average molecular weight is 445 g/mol. The zero-order valence-electron chi connectivity index (χ0n) is 16.1. The fourth-order valence-electron chi connectivity index (χ4n) is 2.60. The summed E-state index contributed by atoms with van der Waals surface area (Å²) in [6.07, 6.45) is 0.879. The summed E-state index contributed by atoms with van der Waals surface area (Å²) in [4.78, 5) is 32.1. The first-order chi connectivity index (χ1) is 14.5. The second kappa shape index (κ2) is 8.27. The number of nitrogens with one attached hydrogen (secondary N) is 2. The fraction of sp³-hybridized carbons (Fsp3) is 0.118. The third-order valence-corrected chi connectivity index (χ3v) is 5.26. The molecule has 3 aromatic rings. The van der Waals surface area contributed by atoms with Crippen molar-refractivity contribution in [2.75, 3.05) is 10.0 Å². The Labute approximate surface area is 175 Å². The Morgan fingerprint density at radius 1 is 0.968 bits per heavy atom. The molecule has 0 fully saturated rings. The Bertz CT molecular complexity index is 1260. The van der Waals surface area contributed by atoms with Crippen LogP contribution in [0.25, 0.3) is 0 Å². The summed E-state index contributed by atoms with van der Waals surface area (Å²) >= 11 is 0. The van der Waals surface area contributed by atoms with E-state index in [1.807, 2.05) is 0 Å². The first-order valence-electron chi connectivity index (χ1n) is 8.56. The van der Waals surface area contributed by atoms with Gasteiger partial charge in [0.1, 0.15) is 17.8 Å². The SMILES string of the molecule is Cc1cc(NS(=O)(=O)c2ccc(Nc3ncc([N+](=O)[O-])cc3[N+](=O)[O-])cc2)nc(C)n1. The Morgan fingerprint density at radius 3 is 2.23 bits per heavy atom. The summed E-state index contributed by atoms with van der Waals surface area (Å²) in [5, 5.41) is 24.6. The smallest absolute Gasteiger partial charge is 0.318 e. The normalized spacial score (nSPS) is 11.0. The molecule has 14 heteroatoms. The Morgan fingerprint density at radius 2 is 1.65 bits per heavy atom. The molecular weight excluding hydrogens is 430 g/mol. The Kier molecular flexibility index (Phi) is 5.74. The maximum Gasteiger partial charge on any atom is 0.318 e. The van der Waals surface area contributed by atoms with E-state index in [1.165, 1.54) is 30.3 Å². The molecule has 0 amide bonds. The summed E-state index contributed by atoms with van der Waals surface area (Å²) in [5.74, 6) is 0.309. The minimum Gasteiger partial charge on any atom is -0.334 e. The van der Waals surface area contributed by atoms with Gasteiger partial charge in [0.05, 0.1) is 20.8 Å². The van der Waals surface area contributed by atoms with E-state index in [0.29, 0.717) is 11.5 Å². The van der Waals surface area contributed by atoms with E-state index in [9.17, 15) is 28.6 Å². The first-order valence-corrected chi connectivity index (χ1v) is 10.0. The molecule has 0 spiro atoms. The second-order valence-corrected chi connectivity index (χ2v) is 7.95. The van der Waals surface area contributed by atoms with E-state index in [4.69, 9.17) is 0 Å². The third kappa shape index (κ3) is 5.05. The molecule has 0 unspecified atom stereocenters. The van der Waals surface area contributed by atoms with E-state index < -0.39 is 31.2 Å². The van der Waals surface area contributed by atoms with E-state index in [0.717, 1.165) is 12.3 Å². The van der Waals surface area contributed by atoms with Crippen molar-refractivity contribution >= 4 is 38.7 Å². The lowest BCUT2D eigenvalue weighted by Crippen LogP contribution is -2.14. The van der Waals surface area contributed by atoms with Crippen molar-refractivity contribution in [2.24, 2.45) is 0 Å². The van der Waals surface area contributed by atoms with Gasteiger partial charge in [-0.05, 0) is 38.1 Å². The van der Waals surface area contributed by atoms with Crippen LogP contribution < -0.4 is 10.0 Å². The van der Waals surface area contributed by atoms with E-state index in [-0.39, 0.29) is 22.2 Å². The molecule has 1 aromatic carbocycles. The van der Waals surface area contributed by atoms with E-state index >= 15 is 0 Å². The number of pyridine rings is 1. The molecule has 0 saturated heterocycles. The van der Waals surface area contributed by atoms with Crippen LogP contribution in [0.1, 0.15) is 11.5 Å². The topological polar surface area (TPSA) is 183 Å². The summed E-state index contributed by atoms with van der Waals surface area (Å²) in [6, 6.07) is 7.57. The van der Waals surface area contributed by atoms with Crippen LogP contribution in [0, 0.1) is 34.1 Å². The predicted molar refractivity (Wildman–Crippen MR) is 110 cm³/mol. The molecule has 0 aliphatic rings. The zero-order valence-corrected chi connectivity index (χ0v) is 17.0. The zero-order chi connectivity index (χ0) is 22.8. The van der Waals surface area contributed by atoms with Gasteiger partial charge in [0, 0.05) is 17.4 Å². The lowest BCUT2D eigenvalue weighted by molar-refractivity contribution is -0.394. The summed E-state index contributed by atoms with van der Waals surface area (Å²) in [7, 11) is -3.94. The van der Waals surface area contributed by atoms with Gasteiger partial charge in [-0.25, -0.2) is 23.4 Å². The summed E-state index contributed by atoms with van der Waals surface area (Å²) in [5.41, 5.74) is -0.235. The molecule has 2 aromatic heterocycles. The molecule has 0 radical (unpaired) electrons. The molecule has 0 atom stereocenters. The van der Waals surface area contributed by atoms with Gasteiger partial charge in [-0.15, -0.1) is 0 Å². The lowest BCUT2D eigenvalue weighted by atomic mass is 10.3. The van der Waals surface area contributed by atoms with Crippen LogP contribution in [-0.4, -0.2) is 33.2 Å². The monoisotopic (exact) mass is 445 g/mol. The van der Waals surface area contributed by atoms with E-state index in [1.54, 1.807) is 13.8 Å². The highest BCUT2D eigenvalue weighted by Gasteiger charge is 2.21. The van der Waals surface area contributed by atoms with Crippen LogP contribution in [0.3, 0.4) is 0 Å². The molecule has 2 heterocycles. The van der Waals surface area contributed by atoms with Crippen molar-refractivity contribution in [3.8, 4) is 0 Å². The molecule has 13 nitrogen and oxygen atoms in total. The molecule has 2 N–H and O–H groups in total. The van der Waals surface area contributed by atoms with Gasteiger partial charge >= 0.3 is 5.69 Å². The number of nitrogens with zero attached hydrogens (tertiary/aromatic N) is 5. The maximum absolute atomic E-state index is 12.6. The highest BCUT2D eigenvalue weighted by molar-refractivity contribution is 7.92. The Hall–Kier alpha value is -4.20. The molecule has 0 aliphatic carbocycles. The Balaban J connectivity index is 1.83. The average Bonchev–Trinajstić information content (AvgIpc) is 2.67.